The van der Waals surface area contributed by atoms with Crippen molar-refractivity contribution in [3.63, 3.8) is 0 Å². The first kappa shape index (κ1) is 46.4. The molecule has 0 radical (unpaired) electrons. The van der Waals surface area contributed by atoms with Crippen molar-refractivity contribution in [2.45, 2.75) is 84.7 Å². The van der Waals surface area contributed by atoms with Crippen LogP contribution in [0.1, 0.15) is 83.0 Å². The maximum atomic E-state index is 14.7. The fourth-order valence-electron chi connectivity index (χ4n) is 8.25. The van der Waals surface area contributed by atoms with Gasteiger partial charge in [-0.1, -0.05) is 18.2 Å². The molecule has 3 aliphatic heterocycles. The van der Waals surface area contributed by atoms with E-state index in [9.17, 15) is 41.7 Å². The Hall–Kier alpha value is -6.14. The number of hydroxylamine groups is 2. The van der Waals surface area contributed by atoms with Crippen LogP contribution in [0.3, 0.4) is 0 Å². The average Bonchev–Trinajstić information content (AvgIpc) is 3.88. The van der Waals surface area contributed by atoms with Gasteiger partial charge in [0.25, 0.3) is 27.8 Å². The summed E-state index contributed by atoms with van der Waals surface area (Å²) in [7, 11) is -4.76. The van der Waals surface area contributed by atoms with Gasteiger partial charge in [-0.15, -0.1) is 5.06 Å². The Kier molecular flexibility index (Phi) is 15.0. The number of hydrogen-bond acceptors (Lipinski definition) is 11. The van der Waals surface area contributed by atoms with Gasteiger partial charge in [-0.2, -0.15) is 8.42 Å². The molecular formula is C45H55N6O11S+. The summed E-state index contributed by atoms with van der Waals surface area (Å²) in [4.78, 5) is 85.9. The number of amides is 5. The summed E-state index contributed by atoms with van der Waals surface area (Å²) in [6.45, 7) is 11.7. The molecule has 3 N–H and O–H groups in total. The number of carbonyl (C=O) groups excluding carboxylic acids is 6. The summed E-state index contributed by atoms with van der Waals surface area (Å²) in [5, 5.41) is 7.20. The molecule has 3 heterocycles. The highest BCUT2D eigenvalue weighted by atomic mass is 32.2. The zero-order valence-corrected chi connectivity index (χ0v) is 36.9. The van der Waals surface area contributed by atoms with E-state index in [1.165, 1.54) is 4.90 Å². The van der Waals surface area contributed by atoms with Crippen molar-refractivity contribution in [2.24, 2.45) is 0 Å². The number of benzene rings is 3. The topological polar surface area (TPSA) is 216 Å². The highest BCUT2D eigenvalue weighted by Crippen LogP contribution is 2.42. The monoisotopic (exact) mass is 887 g/mol. The Bertz CT molecular complexity index is 2530. The van der Waals surface area contributed by atoms with Gasteiger partial charge in [-0.3, -0.25) is 28.5 Å². The van der Waals surface area contributed by atoms with Crippen LogP contribution in [-0.2, 0) is 38.9 Å². The van der Waals surface area contributed by atoms with Gasteiger partial charge in [0.15, 0.2) is 0 Å². The molecule has 2 fully saturated rings. The predicted molar refractivity (Wildman–Crippen MR) is 235 cm³/mol. The third kappa shape index (κ3) is 10.7. The van der Waals surface area contributed by atoms with E-state index >= 15 is 0 Å². The fourth-order valence-corrected chi connectivity index (χ4v) is 8.91. The van der Waals surface area contributed by atoms with Crippen LogP contribution >= 0.6 is 0 Å². The molecule has 5 amide bonds. The highest BCUT2D eigenvalue weighted by Gasteiger charge is 2.38. The number of carbonyl (C=O) groups is 6. The Labute approximate surface area is 366 Å². The van der Waals surface area contributed by atoms with Gasteiger partial charge in [0.2, 0.25) is 17.2 Å². The number of likely N-dealkylation sites (tertiary alicyclic amines) is 1. The maximum Gasteiger partial charge on any atom is 0.333 e. The van der Waals surface area contributed by atoms with E-state index < -0.39 is 63.5 Å². The van der Waals surface area contributed by atoms with Crippen LogP contribution < -0.4 is 25.5 Å². The largest absolute Gasteiger partial charge is 0.456 e. The van der Waals surface area contributed by atoms with Gasteiger partial charge in [0.05, 0.1) is 6.07 Å². The molecule has 18 heteroatoms. The molecular weight excluding hydrogens is 833 g/mol. The molecule has 2 aromatic rings. The Morgan fingerprint density at radius 2 is 1.65 bits per heavy atom. The van der Waals surface area contributed by atoms with Gasteiger partial charge in [0, 0.05) is 85.3 Å². The molecule has 0 bridgehead atoms. The van der Waals surface area contributed by atoms with Crippen molar-refractivity contribution >= 4 is 62.3 Å². The summed E-state index contributed by atoms with van der Waals surface area (Å²) >= 11 is 0. The van der Waals surface area contributed by atoms with E-state index in [1.54, 1.807) is 12.1 Å². The minimum absolute atomic E-state index is 0.0416. The van der Waals surface area contributed by atoms with Gasteiger partial charge in [-0.25, -0.2) is 9.37 Å². The molecule has 2 unspecified atom stereocenters. The zero-order chi connectivity index (χ0) is 45.4. The molecule has 2 saturated heterocycles. The van der Waals surface area contributed by atoms with E-state index in [2.05, 4.69) is 47.8 Å². The van der Waals surface area contributed by atoms with Crippen molar-refractivity contribution in [3.05, 3.63) is 71.6 Å². The number of unbranched alkanes of at least 4 members (excludes halogenated alkanes) is 1. The zero-order valence-electron chi connectivity index (χ0n) is 36.1. The van der Waals surface area contributed by atoms with E-state index in [0.717, 1.165) is 53.7 Å². The van der Waals surface area contributed by atoms with Crippen LogP contribution in [0.4, 0.5) is 5.69 Å². The van der Waals surface area contributed by atoms with Crippen LogP contribution in [0.15, 0.2) is 65.1 Å². The molecule has 2 atom stereocenters. The van der Waals surface area contributed by atoms with Gasteiger partial charge < -0.3 is 29.7 Å². The Morgan fingerprint density at radius 3 is 2.33 bits per heavy atom. The van der Waals surface area contributed by atoms with Crippen LogP contribution in [-0.4, -0.2) is 116 Å². The van der Waals surface area contributed by atoms with Crippen molar-refractivity contribution in [1.29, 1.82) is 0 Å². The average molecular weight is 888 g/mol. The number of fused-ring (bicyclic) bond motifs is 2. The van der Waals surface area contributed by atoms with Crippen LogP contribution in [0.25, 0.3) is 33.4 Å². The quantitative estimate of drug-likeness (QED) is 0.0429. The minimum atomic E-state index is -4.76. The lowest BCUT2D eigenvalue weighted by molar-refractivity contribution is -0.197. The van der Waals surface area contributed by atoms with E-state index in [-0.39, 0.29) is 51.6 Å². The summed E-state index contributed by atoms with van der Waals surface area (Å²) in [5.41, 5.74) is 4.16. The summed E-state index contributed by atoms with van der Waals surface area (Å²) in [6.07, 6.45) is 0.843. The molecule has 6 rings (SSSR count). The predicted octanol–water partition coefficient (Wildman–Crippen LogP) is 3.73. The standard InChI is InChI=1S/C45H54N6O11S/c1-5-48(6-2)29-18-20-33-37(26-29)61-38-27-30(49(7-3)8-4)19-21-34(38)42(33)31-14-9-10-15-32(31)45(57)50-25-13-16-36(50)44(56)47-35(28-63(58,59)60)43(55)46-24-12-11-17-41(54)62-51-39(52)22-23-40(51)53/h9-10,14-15,18-21,26-27,35-36H,5-8,11-13,16-17,22-25,28H2,1-4H3,(H2-,46,47,55,56,58,59,60)/p+1. The van der Waals surface area contributed by atoms with E-state index in [0.29, 0.717) is 34.0 Å². The molecule has 17 nitrogen and oxygen atoms in total. The molecule has 2 aromatic carbocycles. The first-order valence-electron chi connectivity index (χ1n) is 21.5. The second kappa shape index (κ2) is 20.4. The molecule has 4 aliphatic rings. The third-order valence-corrected chi connectivity index (χ3v) is 12.3. The van der Waals surface area contributed by atoms with Crippen LogP contribution in [0.5, 0.6) is 0 Å². The SMILES string of the molecule is CCN(CC)c1ccc2c(-c3ccccc3C(=O)N3CCCC3C(=O)NC(CS(=O)(=O)O)C(=O)NCCCCC(=O)ON3C(=O)CCC3=O)c3ccc(=[N+](CC)CC)cc-3oc2c1. The normalized spacial score (nSPS) is 15.8. The van der Waals surface area contributed by atoms with E-state index in [1.807, 2.05) is 48.5 Å². The highest BCUT2D eigenvalue weighted by molar-refractivity contribution is 7.85. The number of hydrogen-bond donors (Lipinski definition) is 3. The molecule has 0 aromatic heterocycles. The minimum Gasteiger partial charge on any atom is -0.456 e. The maximum absolute atomic E-state index is 14.7. The number of nitrogens with zero attached hydrogens (tertiary/aromatic N) is 4. The number of rotatable bonds is 18. The molecule has 0 saturated carbocycles. The summed E-state index contributed by atoms with van der Waals surface area (Å²) in [6, 6.07) is 16.5. The number of imide groups is 1. The lowest BCUT2D eigenvalue weighted by atomic mass is 9.90. The second-order valence-corrected chi connectivity index (χ2v) is 17.0. The number of nitrogens with one attached hydrogen (secondary N) is 2. The van der Waals surface area contributed by atoms with Crippen molar-refractivity contribution < 1.29 is 51.0 Å². The van der Waals surface area contributed by atoms with Crippen molar-refractivity contribution in [3.8, 4) is 22.5 Å². The Balaban J connectivity index is 1.23. The van der Waals surface area contributed by atoms with Gasteiger partial charge in [0.1, 0.15) is 42.3 Å². The second-order valence-electron chi connectivity index (χ2n) is 15.5. The smallest absolute Gasteiger partial charge is 0.333 e. The lowest BCUT2D eigenvalue weighted by Crippen LogP contribution is -2.55. The summed E-state index contributed by atoms with van der Waals surface area (Å²) in [5.74, 6) is -4.61. The first-order chi connectivity index (χ1) is 30.2. The van der Waals surface area contributed by atoms with Crippen molar-refractivity contribution in [2.75, 3.05) is 49.9 Å². The van der Waals surface area contributed by atoms with Crippen LogP contribution in [0.2, 0.25) is 0 Å². The third-order valence-electron chi connectivity index (χ3n) is 11.5. The first-order valence-corrected chi connectivity index (χ1v) is 23.1. The van der Waals surface area contributed by atoms with Crippen molar-refractivity contribution in [1.82, 2.24) is 25.2 Å². The number of anilines is 1. The fraction of sp³-hybridized carbons (Fsp3) is 0.444. The lowest BCUT2D eigenvalue weighted by Gasteiger charge is -2.27. The molecule has 336 valence electrons. The molecule has 0 spiro atoms. The van der Waals surface area contributed by atoms with Gasteiger partial charge >= 0.3 is 5.97 Å². The Morgan fingerprint density at radius 1 is 0.937 bits per heavy atom. The van der Waals surface area contributed by atoms with E-state index in [4.69, 9.17) is 9.25 Å². The molecule has 1 aliphatic carbocycles. The summed E-state index contributed by atoms with van der Waals surface area (Å²) < 4.78 is 42.6. The van der Waals surface area contributed by atoms with Crippen LogP contribution in [0, 0.1) is 0 Å². The molecule has 63 heavy (non-hydrogen) atoms. The van der Waals surface area contributed by atoms with Gasteiger partial charge in [-0.05, 0) is 83.2 Å².